The minimum atomic E-state index is -0.539. The Morgan fingerprint density at radius 1 is 1.24 bits per heavy atom. The van der Waals surface area contributed by atoms with Crippen LogP contribution in [0.2, 0.25) is 0 Å². The molecule has 0 unspecified atom stereocenters. The van der Waals surface area contributed by atoms with Crippen LogP contribution in [0.5, 0.6) is 0 Å². The third-order valence-corrected chi connectivity index (χ3v) is 2.95. The van der Waals surface area contributed by atoms with Gasteiger partial charge in [-0.25, -0.2) is 4.79 Å². The normalized spacial score (nSPS) is 9.94. The van der Waals surface area contributed by atoms with Crippen LogP contribution in [0.1, 0.15) is 12.8 Å². The van der Waals surface area contributed by atoms with E-state index in [2.05, 4.69) is 16.9 Å². The van der Waals surface area contributed by atoms with Gasteiger partial charge in [0, 0.05) is 17.9 Å². The van der Waals surface area contributed by atoms with Crippen molar-refractivity contribution in [1.82, 2.24) is 0 Å². The van der Waals surface area contributed by atoms with Crippen molar-refractivity contribution in [3.63, 3.8) is 0 Å². The van der Waals surface area contributed by atoms with Crippen LogP contribution >= 0.6 is 11.8 Å². The van der Waals surface area contributed by atoms with Crippen molar-refractivity contribution < 1.29 is 4.79 Å². The number of carbonyl (C=O) groups is 1. The Bertz CT molecular complexity index is 340. The summed E-state index contributed by atoms with van der Waals surface area (Å²) in [4.78, 5) is 10.6. The summed E-state index contributed by atoms with van der Waals surface area (Å²) in [5, 5.41) is 5.86. The molecule has 0 atom stereocenters. The van der Waals surface area contributed by atoms with Gasteiger partial charge < -0.3 is 16.4 Å². The first kappa shape index (κ1) is 13.7. The largest absolute Gasteiger partial charge is 0.385 e. The maximum atomic E-state index is 10.6. The molecule has 2 amide bonds. The average molecular weight is 253 g/mol. The number of urea groups is 1. The van der Waals surface area contributed by atoms with Gasteiger partial charge in [0.2, 0.25) is 0 Å². The first-order valence-electron chi connectivity index (χ1n) is 5.61. The van der Waals surface area contributed by atoms with E-state index in [0.29, 0.717) is 5.69 Å². The predicted molar refractivity (Wildman–Crippen MR) is 75.8 cm³/mol. The van der Waals surface area contributed by atoms with Crippen LogP contribution in [0.25, 0.3) is 0 Å². The van der Waals surface area contributed by atoms with Gasteiger partial charge >= 0.3 is 6.03 Å². The van der Waals surface area contributed by atoms with Crippen molar-refractivity contribution in [2.45, 2.75) is 12.8 Å². The van der Waals surface area contributed by atoms with Gasteiger partial charge in [-0.3, -0.25) is 0 Å². The molecule has 0 bridgehead atoms. The molecule has 17 heavy (non-hydrogen) atoms. The second-order valence-corrected chi connectivity index (χ2v) is 4.68. The third kappa shape index (κ3) is 6.06. The Kier molecular flexibility index (Phi) is 6.32. The zero-order chi connectivity index (χ0) is 12.5. The molecule has 0 heterocycles. The predicted octanol–water partition coefficient (Wildman–Crippen LogP) is 2.73. The Morgan fingerprint density at radius 3 is 2.47 bits per heavy atom. The van der Waals surface area contributed by atoms with Crippen LogP contribution in [0.4, 0.5) is 16.2 Å². The fourth-order valence-corrected chi connectivity index (χ4v) is 1.91. The van der Waals surface area contributed by atoms with Crippen LogP contribution in [-0.2, 0) is 0 Å². The molecule has 0 aliphatic rings. The maximum Gasteiger partial charge on any atom is 0.316 e. The van der Waals surface area contributed by atoms with E-state index in [1.165, 1.54) is 18.6 Å². The Balaban J connectivity index is 2.28. The van der Waals surface area contributed by atoms with Crippen LogP contribution < -0.4 is 16.4 Å². The lowest BCUT2D eigenvalue weighted by Gasteiger charge is -2.07. The van der Waals surface area contributed by atoms with E-state index in [1.54, 1.807) is 0 Å². The standard InChI is InChI=1S/C12H19N3OS/c1-17-9-3-2-8-14-10-4-6-11(7-5-10)15-12(13)16/h4-7,14H,2-3,8-9H2,1H3,(H3,13,15,16). The van der Waals surface area contributed by atoms with E-state index in [4.69, 9.17) is 5.73 Å². The van der Waals surface area contributed by atoms with Crippen molar-refractivity contribution in [1.29, 1.82) is 0 Å². The summed E-state index contributed by atoms with van der Waals surface area (Å²) in [5.74, 6) is 1.21. The van der Waals surface area contributed by atoms with Crippen LogP contribution in [-0.4, -0.2) is 24.6 Å². The van der Waals surface area contributed by atoms with Crippen LogP contribution in [0, 0.1) is 0 Å². The van der Waals surface area contributed by atoms with E-state index in [-0.39, 0.29) is 0 Å². The second-order valence-electron chi connectivity index (χ2n) is 3.69. The van der Waals surface area contributed by atoms with Crippen molar-refractivity contribution >= 4 is 29.2 Å². The molecule has 1 aromatic carbocycles. The topological polar surface area (TPSA) is 67.2 Å². The molecule has 0 saturated carbocycles. The Hall–Kier alpha value is -1.36. The lowest BCUT2D eigenvalue weighted by Crippen LogP contribution is -2.19. The number of thioether (sulfide) groups is 1. The summed E-state index contributed by atoms with van der Waals surface area (Å²) in [6, 6.07) is 6.98. The van der Waals surface area contributed by atoms with Crippen molar-refractivity contribution in [3.8, 4) is 0 Å². The van der Waals surface area contributed by atoms with E-state index < -0.39 is 6.03 Å². The highest BCUT2D eigenvalue weighted by Crippen LogP contribution is 2.13. The fourth-order valence-electron chi connectivity index (χ4n) is 1.42. The van der Waals surface area contributed by atoms with E-state index in [9.17, 15) is 4.79 Å². The van der Waals surface area contributed by atoms with Gasteiger partial charge in [0.1, 0.15) is 0 Å². The number of primary amides is 1. The number of hydrogen-bond acceptors (Lipinski definition) is 3. The number of carbonyl (C=O) groups excluding carboxylic acids is 1. The monoisotopic (exact) mass is 253 g/mol. The molecule has 5 heteroatoms. The highest BCUT2D eigenvalue weighted by Gasteiger charge is 1.96. The van der Waals surface area contributed by atoms with Crippen LogP contribution in [0.3, 0.4) is 0 Å². The second kappa shape index (κ2) is 7.84. The van der Waals surface area contributed by atoms with E-state index in [0.717, 1.165) is 12.2 Å². The summed E-state index contributed by atoms with van der Waals surface area (Å²) in [7, 11) is 0. The van der Waals surface area contributed by atoms with Gasteiger partial charge in [0.25, 0.3) is 0 Å². The molecule has 4 nitrogen and oxygen atoms in total. The molecule has 0 fully saturated rings. The molecule has 0 aromatic heterocycles. The molecule has 0 radical (unpaired) electrons. The number of anilines is 2. The first-order valence-corrected chi connectivity index (χ1v) is 7.01. The molecule has 0 aliphatic carbocycles. The van der Waals surface area contributed by atoms with Gasteiger partial charge in [0.15, 0.2) is 0 Å². The molecule has 1 aromatic rings. The third-order valence-electron chi connectivity index (χ3n) is 2.26. The summed E-state index contributed by atoms with van der Waals surface area (Å²) >= 11 is 1.88. The molecule has 0 spiro atoms. The summed E-state index contributed by atoms with van der Waals surface area (Å²) < 4.78 is 0. The molecule has 0 saturated heterocycles. The van der Waals surface area contributed by atoms with Gasteiger partial charge in [0.05, 0.1) is 0 Å². The highest BCUT2D eigenvalue weighted by atomic mass is 32.2. The number of amides is 2. The average Bonchev–Trinajstić information content (AvgIpc) is 2.30. The number of rotatable bonds is 7. The summed E-state index contributed by atoms with van der Waals surface area (Å²) in [5.41, 5.74) is 6.79. The highest BCUT2D eigenvalue weighted by molar-refractivity contribution is 7.98. The lowest BCUT2D eigenvalue weighted by molar-refractivity contribution is 0.259. The number of nitrogens with two attached hydrogens (primary N) is 1. The summed E-state index contributed by atoms with van der Waals surface area (Å²) in [6.45, 7) is 0.975. The maximum absolute atomic E-state index is 10.6. The van der Waals surface area contributed by atoms with Gasteiger partial charge in [-0.2, -0.15) is 11.8 Å². The quantitative estimate of drug-likeness (QED) is 0.654. The number of hydrogen-bond donors (Lipinski definition) is 3. The van der Waals surface area contributed by atoms with Crippen molar-refractivity contribution in [2.24, 2.45) is 5.73 Å². The number of benzene rings is 1. The van der Waals surface area contributed by atoms with Crippen molar-refractivity contribution in [2.75, 3.05) is 29.2 Å². The van der Waals surface area contributed by atoms with Gasteiger partial charge in [-0.1, -0.05) is 0 Å². The van der Waals surface area contributed by atoms with E-state index in [1.807, 2.05) is 36.0 Å². The zero-order valence-corrected chi connectivity index (χ0v) is 10.8. The SMILES string of the molecule is CSCCCCNc1ccc(NC(N)=O)cc1. The zero-order valence-electron chi connectivity index (χ0n) is 10.0. The van der Waals surface area contributed by atoms with Crippen LogP contribution in [0.15, 0.2) is 24.3 Å². The fraction of sp³-hybridized carbons (Fsp3) is 0.417. The first-order chi connectivity index (χ1) is 8.22. The molecular formula is C12H19N3OS. The van der Waals surface area contributed by atoms with E-state index >= 15 is 0 Å². The Morgan fingerprint density at radius 2 is 1.88 bits per heavy atom. The smallest absolute Gasteiger partial charge is 0.316 e. The van der Waals surface area contributed by atoms with Crippen molar-refractivity contribution in [3.05, 3.63) is 24.3 Å². The molecule has 94 valence electrons. The minimum Gasteiger partial charge on any atom is -0.385 e. The lowest BCUT2D eigenvalue weighted by atomic mass is 10.2. The van der Waals surface area contributed by atoms with Gasteiger partial charge in [-0.15, -0.1) is 0 Å². The number of unbranched alkanes of at least 4 members (excludes halogenated alkanes) is 1. The Labute approximate surface area is 106 Å². The molecule has 0 aliphatic heterocycles. The molecule has 4 N–H and O–H groups in total. The molecule has 1 rings (SSSR count). The minimum absolute atomic E-state index is 0.539. The van der Waals surface area contributed by atoms with Gasteiger partial charge in [-0.05, 0) is 49.1 Å². The number of nitrogens with one attached hydrogen (secondary N) is 2. The molecular weight excluding hydrogens is 234 g/mol. The summed E-state index contributed by atoms with van der Waals surface area (Å²) in [6.07, 6.45) is 4.52.